The molecule has 2 rings (SSSR count). The van der Waals surface area contributed by atoms with Gasteiger partial charge in [0.15, 0.2) is 0 Å². The SMILES string of the molecule is CN(Cc1ncc[nH]1)C(=O)c1ccc(C#CCN)cc1F. The molecule has 1 aromatic carbocycles. The molecule has 0 aliphatic carbocycles. The van der Waals surface area contributed by atoms with Crippen molar-refractivity contribution < 1.29 is 9.18 Å². The van der Waals surface area contributed by atoms with Crippen molar-refractivity contribution in [3.63, 3.8) is 0 Å². The third-order valence-electron chi connectivity index (χ3n) is 2.82. The van der Waals surface area contributed by atoms with E-state index in [9.17, 15) is 9.18 Å². The molecule has 0 saturated heterocycles. The normalized spacial score (nSPS) is 9.86. The maximum Gasteiger partial charge on any atom is 0.256 e. The van der Waals surface area contributed by atoms with Crippen LogP contribution in [-0.4, -0.2) is 34.4 Å². The fourth-order valence-corrected chi connectivity index (χ4v) is 1.81. The number of aromatic nitrogens is 2. The van der Waals surface area contributed by atoms with Crippen LogP contribution in [0.1, 0.15) is 21.7 Å². The standard InChI is InChI=1S/C15H15FN4O/c1-20(10-14-18-7-8-19-14)15(21)12-5-4-11(3-2-6-17)9-13(12)16/h4-5,7-9H,6,10,17H2,1H3,(H,18,19). The number of hydrogen-bond donors (Lipinski definition) is 2. The molecule has 0 saturated carbocycles. The lowest BCUT2D eigenvalue weighted by atomic mass is 10.1. The molecule has 0 fully saturated rings. The first-order valence-corrected chi connectivity index (χ1v) is 6.34. The number of amides is 1. The van der Waals surface area contributed by atoms with E-state index in [0.29, 0.717) is 11.4 Å². The van der Waals surface area contributed by atoms with Crippen LogP contribution in [-0.2, 0) is 6.54 Å². The Hall–Kier alpha value is -2.65. The van der Waals surface area contributed by atoms with E-state index in [1.165, 1.54) is 17.0 Å². The fourth-order valence-electron chi connectivity index (χ4n) is 1.81. The predicted octanol–water partition coefficient (Wildman–Crippen LogP) is 1.13. The summed E-state index contributed by atoms with van der Waals surface area (Å²) in [6.07, 6.45) is 3.26. The first kappa shape index (κ1) is 14.8. The molecule has 5 nitrogen and oxygen atoms in total. The van der Waals surface area contributed by atoms with Gasteiger partial charge in [-0.1, -0.05) is 11.8 Å². The van der Waals surface area contributed by atoms with Crippen molar-refractivity contribution >= 4 is 5.91 Å². The average Bonchev–Trinajstić information content (AvgIpc) is 2.97. The average molecular weight is 286 g/mol. The molecule has 1 amide bonds. The van der Waals surface area contributed by atoms with E-state index in [0.717, 1.165) is 0 Å². The summed E-state index contributed by atoms with van der Waals surface area (Å²) >= 11 is 0. The maximum atomic E-state index is 14.0. The largest absolute Gasteiger partial charge is 0.347 e. The van der Waals surface area contributed by atoms with Gasteiger partial charge in [0.1, 0.15) is 11.6 Å². The van der Waals surface area contributed by atoms with Crippen LogP contribution in [0.3, 0.4) is 0 Å². The molecule has 0 radical (unpaired) electrons. The highest BCUT2D eigenvalue weighted by atomic mass is 19.1. The number of aromatic amines is 1. The summed E-state index contributed by atoms with van der Waals surface area (Å²) < 4.78 is 14.0. The van der Waals surface area contributed by atoms with Crippen LogP contribution in [0.15, 0.2) is 30.6 Å². The van der Waals surface area contributed by atoms with Gasteiger partial charge < -0.3 is 15.6 Å². The molecular formula is C15H15FN4O. The van der Waals surface area contributed by atoms with Gasteiger partial charge >= 0.3 is 0 Å². The van der Waals surface area contributed by atoms with Crippen molar-refractivity contribution in [2.75, 3.05) is 13.6 Å². The number of hydrogen-bond acceptors (Lipinski definition) is 3. The molecule has 3 N–H and O–H groups in total. The number of nitrogens with zero attached hydrogens (tertiary/aromatic N) is 2. The number of nitrogens with one attached hydrogen (secondary N) is 1. The predicted molar refractivity (Wildman–Crippen MR) is 76.7 cm³/mol. The monoisotopic (exact) mass is 286 g/mol. The number of benzene rings is 1. The zero-order valence-electron chi connectivity index (χ0n) is 11.6. The van der Waals surface area contributed by atoms with Crippen molar-refractivity contribution in [2.24, 2.45) is 5.73 Å². The van der Waals surface area contributed by atoms with Crippen LogP contribution >= 0.6 is 0 Å². The molecule has 0 aliphatic rings. The molecule has 1 heterocycles. The molecule has 0 aliphatic heterocycles. The minimum absolute atomic E-state index is 0.00218. The van der Waals surface area contributed by atoms with E-state index in [1.807, 2.05) is 0 Å². The summed E-state index contributed by atoms with van der Waals surface area (Å²) in [6, 6.07) is 4.26. The van der Waals surface area contributed by atoms with Crippen molar-refractivity contribution in [1.82, 2.24) is 14.9 Å². The van der Waals surface area contributed by atoms with Gasteiger partial charge in [0.25, 0.3) is 5.91 Å². The first-order valence-electron chi connectivity index (χ1n) is 6.34. The molecule has 0 spiro atoms. The number of halogens is 1. The number of carbonyl (C=O) groups excluding carboxylic acids is 1. The van der Waals surface area contributed by atoms with Gasteiger partial charge in [0.05, 0.1) is 18.7 Å². The molecule has 0 bridgehead atoms. The number of carbonyl (C=O) groups is 1. The van der Waals surface area contributed by atoms with Crippen LogP contribution in [0.2, 0.25) is 0 Å². The van der Waals surface area contributed by atoms with Crippen molar-refractivity contribution in [3.05, 3.63) is 53.4 Å². The second-order valence-electron chi connectivity index (χ2n) is 4.40. The summed E-state index contributed by atoms with van der Waals surface area (Å²) in [6.45, 7) is 0.480. The fraction of sp³-hybridized carbons (Fsp3) is 0.200. The van der Waals surface area contributed by atoms with Gasteiger partial charge in [-0.05, 0) is 18.2 Å². The van der Waals surface area contributed by atoms with Gasteiger partial charge in [-0.25, -0.2) is 9.37 Å². The lowest BCUT2D eigenvalue weighted by molar-refractivity contribution is 0.0777. The Bertz CT molecular complexity index is 685. The van der Waals surface area contributed by atoms with Crippen LogP contribution in [0.4, 0.5) is 4.39 Å². The van der Waals surface area contributed by atoms with Gasteiger partial charge in [-0.2, -0.15) is 0 Å². The zero-order valence-corrected chi connectivity index (χ0v) is 11.6. The van der Waals surface area contributed by atoms with E-state index < -0.39 is 11.7 Å². The molecule has 108 valence electrons. The molecular weight excluding hydrogens is 271 g/mol. The number of imidazole rings is 1. The quantitative estimate of drug-likeness (QED) is 0.831. The summed E-state index contributed by atoms with van der Waals surface area (Å²) in [4.78, 5) is 20.5. The molecule has 1 aromatic heterocycles. The number of rotatable bonds is 3. The van der Waals surface area contributed by atoms with Crippen molar-refractivity contribution in [3.8, 4) is 11.8 Å². The van der Waals surface area contributed by atoms with Crippen LogP contribution in [0.25, 0.3) is 0 Å². The second-order valence-corrected chi connectivity index (χ2v) is 4.40. The third kappa shape index (κ3) is 3.68. The van der Waals surface area contributed by atoms with E-state index in [2.05, 4.69) is 21.8 Å². The summed E-state index contributed by atoms with van der Waals surface area (Å²) in [7, 11) is 1.59. The van der Waals surface area contributed by atoms with Crippen LogP contribution < -0.4 is 5.73 Å². The molecule has 6 heteroatoms. The highest BCUT2D eigenvalue weighted by Gasteiger charge is 2.17. The van der Waals surface area contributed by atoms with E-state index in [4.69, 9.17) is 5.73 Å². The highest BCUT2D eigenvalue weighted by Crippen LogP contribution is 2.13. The minimum Gasteiger partial charge on any atom is -0.347 e. The van der Waals surface area contributed by atoms with Crippen molar-refractivity contribution in [1.29, 1.82) is 0 Å². The van der Waals surface area contributed by atoms with Crippen molar-refractivity contribution in [2.45, 2.75) is 6.54 Å². The number of H-pyrrole nitrogens is 1. The minimum atomic E-state index is -0.602. The smallest absolute Gasteiger partial charge is 0.256 e. The second kappa shape index (κ2) is 6.68. The lowest BCUT2D eigenvalue weighted by Crippen LogP contribution is -2.27. The van der Waals surface area contributed by atoms with E-state index >= 15 is 0 Å². The lowest BCUT2D eigenvalue weighted by Gasteiger charge is -2.16. The molecule has 0 unspecified atom stereocenters. The van der Waals surface area contributed by atoms with Crippen LogP contribution in [0.5, 0.6) is 0 Å². The number of nitrogens with two attached hydrogens (primary N) is 1. The van der Waals surface area contributed by atoms with Gasteiger partial charge in [-0.3, -0.25) is 4.79 Å². The van der Waals surface area contributed by atoms with Gasteiger partial charge in [0.2, 0.25) is 0 Å². The summed E-state index contributed by atoms with van der Waals surface area (Å²) in [5.74, 6) is 4.98. The van der Waals surface area contributed by atoms with E-state index in [-0.39, 0.29) is 18.7 Å². The zero-order chi connectivity index (χ0) is 15.2. The third-order valence-corrected chi connectivity index (χ3v) is 2.82. The summed E-state index contributed by atoms with van der Waals surface area (Å²) in [5.41, 5.74) is 5.75. The summed E-state index contributed by atoms with van der Waals surface area (Å²) in [5, 5.41) is 0. The Labute approximate surface area is 122 Å². The Morgan fingerprint density at radius 3 is 2.95 bits per heavy atom. The van der Waals surface area contributed by atoms with E-state index in [1.54, 1.807) is 25.5 Å². The van der Waals surface area contributed by atoms with Crippen LogP contribution in [0, 0.1) is 17.7 Å². The topological polar surface area (TPSA) is 75.0 Å². The molecule has 21 heavy (non-hydrogen) atoms. The Morgan fingerprint density at radius 1 is 1.52 bits per heavy atom. The highest BCUT2D eigenvalue weighted by molar-refractivity contribution is 5.94. The van der Waals surface area contributed by atoms with Gasteiger partial charge in [0, 0.05) is 25.0 Å². The molecule has 2 aromatic rings. The first-order chi connectivity index (χ1) is 10.1. The maximum absolute atomic E-state index is 14.0. The Balaban J connectivity index is 2.15. The van der Waals surface area contributed by atoms with Gasteiger partial charge in [-0.15, -0.1) is 0 Å². The Morgan fingerprint density at radius 2 is 2.33 bits per heavy atom. The molecule has 0 atom stereocenters. The Kier molecular flexibility index (Phi) is 4.69.